The second-order valence-electron chi connectivity index (χ2n) is 17.0. The number of nitrogens with two attached hydrogens (primary N) is 1. The third kappa shape index (κ3) is 6.38. The standard InChI is InChI=1S/C38H55N5O6/c1-22(2)27(28(44)24-15-9-8-10-16-24)41-34(49)42-30(35(3,4)5)33(48)43-21-38(36(6,7)37(38)17-12-18-37)20-26(43)32(47)40-25(29(45)31(39)46)19-23-13-11-14-23/h8-10,15-16,22-23,25-27,30H,11-14,17-21H2,1-7H3,(H2,39,46)(H,40,47)(H2,41,42,49)/t25?,26-,27?,30+,38?/m0/s1. The number of benzene rings is 1. The summed E-state index contributed by atoms with van der Waals surface area (Å²) in [6.07, 6.45) is 6.78. The number of hydrogen-bond donors (Lipinski definition) is 4. The van der Waals surface area contributed by atoms with E-state index in [2.05, 4.69) is 29.8 Å². The highest BCUT2D eigenvalue weighted by molar-refractivity contribution is 6.37. The number of rotatable bonds is 12. The molecule has 3 aliphatic carbocycles. The number of hydrogen-bond acceptors (Lipinski definition) is 6. The topological polar surface area (TPSA) is 168 Å². The van der Waals surface area contributed by atoms with Gasteiger partial charge in [0.2, 0.25) is 17.6 Å². The first kappa shape index (κ1) is 36.5. The van der Waals surface area contributed by atoms with Crippen LogP contribution in [0.15, 0.2) is 30.3 Å². The number of Topliss-reactive ketones (excluding diaryl/α,β-unsaturated/α-hetero) is 2. The zero-order chi connectivity index (χ0) is 36.1. The first-order valence-electron chi connectivity index (χ1n) is 18.0. The number of primary amides is 1. The van der Waals surface area contributed by atoms with Crippen molar-refractivity contribution in [3.05, 3.63) is 35.9 Å². The number of likely N-dealkylation sites (tertiary alicyclic amines) is 1. The largest absolute Gasteiger partial charge is 0.363 e. The molecule has 11 nitrogen and oxygen atoms in total. The predicted octanol–water partition coefficient (Wildman–Crippen LogP) is 4.13. The smallest absolute Gasteiger partial charge is 0.316 e. The maximum absolute atomic E-state index is 14.7. The van der Waals surface area contributed by atoms with Gasteiger partial charge in [-0.25, -0.2) is 4.79 Å². The first-order chi connectivity index (χ1) is 22.9. The van der Waals surface area contributed by atoms with Crippen LogP contribution in [-0.4, -0.2) is 70.9 Å². The zero-order valence-electron chi connectivity index (χ0n) is 30.2. The summed E-state index contributed by atoms with van der Waals surface area (Å²) in [5.41, 5.74) is 4.73. The Labute approximate surface area is 290 Å². The lowest BCUT2D eigenvalue weighted by molar-refractivity contribution is -0.143. The van der Waals surface area contributed by atoms with Crippen molar-refractivity contribution < 1.29 is 28.8 Å². The van der Waals surface area contributed by atoms with Gasteiger partial charge in [-0.15, -0.1) is 0 Å². The van der Waals surface area contributed by atoms with Crippen LogP contribution in [0.1, 0.15) is 110 Å². The molecular weight excluding hydrogens is 622 g/mol. The van der Waals surface area contributed by atoms with Crippen LogP contribution in [-0.2, 0) is 19.2 Å². The van der Waals surface area contributed by atoms with Crippen molar-refractivity contribution in [3.63, 3.8) is 0 Å². The van der Waals surface area contributed by atoms with Gasteiger partial charge in [-0.05, 0) is 53.8 Å². The molecule has 2 spiro atoms. The van der Waals surface area contributed by atoms with E-state index in [0.29, 0.717) is 24.9 Å². The van der Waals surface area contributed by atoms with Gasteiger partial charge in [0, 0.05) is 17.5 Å². The number of carbonyl (C=O) groups is 6. The van der Waals surface area contributed by atoms with E-state index in [4.69, 9.17) is 5.73 Å². The Morgan fingerprint density at radius 3 is 2.02 bits per heavy atom. The fraction of sp³-hybridized carbons (Fsp3) is 0.684. The maximum Gasteiger partial charge on any atom is 0.316 e. The van der Waals surface area contributed by atoms with E-state index in [1.807, 2.05) is 40.7 Å². The second-order valence-corrected chi connectivity index (χ2v) is 17.0. The summed E-state index contributed by atoms with van der Waals surface area (Å²) in [6.45, 7) is 14.0. The number of fused-ring (bicyclic) bond motifs is 1. The van der Waals surface area contributed by atoms with Crippen LogP contribution in [0.5, 0.6) is 0 Å². The molecular formula is C38H55N5O6. The molecule has 0 aromatic heterocycles. The lowest BCUT2D eigenvalue weighted by atomic mass is 9.73. The molecule has 5 amide bonds. The first-order valence-corrected chi connectivity index (χ1v) is 18.0. The highest BCUT2D eigenvalue weighted by atomic mass is 16.2. The van der Waals surface area contributed by atoms with E-state index >= 15 is 0 Å². The van der Waals surface area contributed by atoms with E-state index in [9.17, 15) is 28.8 Å². The van der Waals surface area contributed by atoms with E-state index in [1.54, 1.807) is 29.2 Å². The molecule has 49 heavy (non-hydrogen) atoms. The highest BCUT2D eigenvalue weighted by Crippen LogP contribution is 2.88. The van der Waals surface area contributed by atoms with Crippen molar-refractivity contribution in [2.75, 3.05) is 6.54 Å². The van der Waals surface area contributed by atoms with Crippen LogP contribution < -0.4 is 21.7 Å². The molecule has 3 saturated carbocycles. The van der Waals surface area contributed by atoms with Crippen LogP contribution in [0, 0.1) is 33.5 Å². The summed E-state index contributed by atoms with van der Waals surface area (Å²) in [4.78, 5) is 82.3. The molecule has 1 heterocycles. The lowest BCUT2D eigenvalue weighted by Gasteiger charge is -2.36. The SMILES string of the molecule is CC(C)C(NC(=O)N[C@H](C(=O)N1CC2(C[C@H]1C(=O)NC(CC1CCC1)C(=O)C(N)=O)C(C)(C)C21CCC1)C(C)(C)C)C(=O)c1ccccc1. The fourth-order valence-corrected chi connectivity index (χ4v) is 9.24. The minimum Gasteiger partial charge on any atom is -0.363 e. The molecule has 5 N–H and O–H groups in total. The Morgan fingerprint density at radius 2 is 1.55 bits per heavy atom. The van der Waals surface area contributed by atoms with Crippen molar-refractivity contribution in [2.45, 2.75) is 124 Å². The molecule has 1 saturated heterocycles. The third-order valence-corrected chi connectivity index (χ3v) is 12.7. The minimum atomic E-state index is -1.09. The van der Waals surface area contributed by atoms with Gasteiger partial charge in [-0.2, -0.15) is 0 Å². The number of nitrogens with one attached hydrogen (secondary N) is 3. The highest BCUT2D eigenvalue weighted by Gasteiger charge is 2.85. The van der Waals surface area contributed by atoms with Gasteiger partial charge < -0.3 is 26.6 Å². The third-order valence-electron chi connectivity index (χ3n) is 12.7. The maximum atomic E-state index is 14.7. The van der Waals surface area contributed by atoms with Crippen molar-refractivity contribution in [2.24, 2.45) is 39.2 Å². The zero-order valence-corrected chi connectivity index (χ0v) is 30.2. The molecule has 11 heteroatoms. The molecule has 3 unspecified atom stereocenters. The van der Waals surface area contributed by atoms with Gasteiger partial charge in [0.1, 0.15) is 12.1 Å². The number of nitrogens with zero attached hydrogens (tertiary/aromatic N) is 1. The molecule has 0 radical (unpaired) electrons. The van der Waals surface area contributed by atoms with Gasteiger partial charge >= 0.3 is 6.03 Å². The lowest BCUT2D eigenvalue weighted by Crippen LogP contribution is -2.61. The predicted molar refractivity (Wildman–Crippen MR) is 185 cm³/mol. The van der Waals surface area contributed by atoms with Crippen molar-refractivity contribution in [1.29, 1.82) is 0 Å². The van der Waals surface area contributed by atoms with Crippen LogP contribution in [0.25, 0.3) is 0 Å². The Hall–Kier alpha value is -3.76. The molecule has 4 fully saturated rings. The van der Waals surface area contributed by atoms with Gasteiger partial charge in [0.15, 0.2) is 5.78 Å². The van der Waals surface area contributed by atoms with Gasteiger partial charge in [-0.3, -0.25) is 24.0 Å². The van der Waals surface area contributed by atoms with Crippen molar-refractivity contribution in [3.8, 4) is 0 Å². The normalized spacial score (nSPS) is 25.5. The van der Waals surface area contributed by atoms with Crippen LogP contribution in [0.4, 0.5) is 4.79 Å². The van der Waals surface area contributed by atoms with E-state index in [1.165, 1.54) is 0 Å². The average molecular weight is 678 g/mol. The van der Waals surface area contributed by atoms with Gasteiger partial charge in [-0.1, -0.05) is 104 Å². The van der Waals surface area contributed by atoms with Crippen LogP contribution >= 0.6 is 0 Å². The van der Waals surface area contributed by atoms with Crippen LogP contribution in [0.3, 0.4) is 0 Å². The summed E-state index contributed by atoms with van der Waals surface area (Å²) < 4.78 is 0. The van der Waals surface area contributed by atoms with Gasteiger partial charge in [0.25, 0.3) is 5.91 Å². The number of amides is 5. The van der Waals surface area contributed by atoms with Crippen LogP contribution in [0.2, 0.25) is 0 Å². The summed E-state index contributed by atoms with van der Waals surface area (Å²) in [5.74, 6) is -3.03. The monoisotopic (exact) mass is 677 g/mol. The van der Waals surface area contributed by atoms with Crippen molar-refractivity contribution in [1.82, 2.24) is 20.9 Å². The molecule has 0 bridgehead atoms. The van der Waals surface area contributed by atoms with Crippen molar-refractivity contribution >= 4 is 35.3 Å². The quantitative estimate of drug-likeness (QED) is 0.192. The molecule has 1 aromatic rings. The molecule has 1 aliphatic heterocycles. The number of urea groups is 1. The minimum absolute atomic E-state index is 0.0201. The Kier molecular flexibility index (Phi) is 9.82. The van der Waals surface area contributed by atoms with Gasteiger partial charge in [0.05, 0.1) is 12.1 Å². The molecule has 4 aliphatic rings. The Balaban J connectivity index is 1.40. The van der Waals surface area contributed by atoms with E-state index in [0.717, 1.165) is 38.5 Å². The molecule has 268 valence electrons. The van der Waals surface area contributed by atoms with E-state index in [-0.39, 0.29) is 33.9 Å². The molecule has 1 aromatic carbocycles. The Bertz CT molecular complexity index is 1490. The second kappa shape index (κ2) is 13.2. The van der Waals surface area contributed by atoms with E-state index < -0.39 is 59.1 Å². The number of carbonyl (C=O) groups excluding carboxylic acids is 6. The summed E-state index contributed by atoms with van der Waals surface area (Å²) in [5, 5.41) is 8.54. The Morgan fingerprint density at radius 1 is 0.918 bits per heavy atom. The summed E-state index contributed by atoms with van der Waals surface area (Å²) >= 11 is 0. The summed E-state index contributed by atoms with van der Waals surface area (Å²) in [7, 11) is 0. The number of ketones is 2. The molecule has 5 atom stereocenters. The molecule has 5 rings (SSSR count). The summed E-state index contributed by atoms with van der Waals surface area (Å²) in [6, 6.07) is 4.30. The fourth-order valence-electron chi connectivity index (χ4n) is 9.24. The average Bonchev–Trinajstić information content (AvgIpc) is 3.21.